The monoisotopic (exact) mass is 240 g/mol. The number of aryl methyl sites for hydroxylation is 2. The SMILES string of the molecule is Cc1cc(NC2CCc3cccnc32)ccc1O. The van der Waals surface area contributed by atoms with E-state index in [0.717, 1.165) is 29.8 Å². The quantitative estimate of drug-likeness (QED) is 0.792. The molecule has 0 saturated carbocycles. The van der Waals surface area contributed by atoms with Crippen molar-refractivity contribution in [3.63, 3.8) is 0 Å². The zero-order valence-corrected chi connectivity index (χ0v) is 10.4. The number of aromatic hydroxyl groups is 1. The zero-order chi connectivity index (χ0) is 12.5. The third-order valence-electron chi connectivity index (χ3n) is 3.50. The van der Waals surface area contributed by atoms with E-state index in [1.807, 2.05) is 31.3 Å². The summed E-state index contributed by atoms with van der Waals surface area (Å²) in [7, 11) is 0. The van der Waals surface area contributed by atoms with E-state index in [1.54, 1.807) is 6.07 Å². The molecule has 1 unspecified atom stereocenters. The number of nitrogens with zero attached hydrogens (tertiary/aromatic N) is 1. The summed E-state index contributed by atoms with van der Waals surface area (Å²) < 4.78 is 0. The largest absolute Gasteiger partial charge is 0.508 e. The Morgan fingerprint density at radius 3 is 3.06 bits per heavy atom. The smallest absolute Gasteiger partial charge is 0.118 e. The highest BCUT2D eigenvalue weighted by molar-refractivity contribution is 5.52. The fourth-order valence-corrected chi connectivity index (χ4v) is 2.50. The van der Waals surface area contributed by atoms with Crippen LogP contribution in [-0.4, -0.2) is 10.1 Å². The average molecular weight is 240 g/mol. The first-order valence-electron chi connectivity index (χ1n) is 6.24. The highest BCUT2D eigenvalue weighted by atomic mass is 16.3. The van der Waals surface area contributed by atoms with Crippen LogP contribution in [0.25, 0.3) is 0 Å². The molecule has 92 valence electrons. The minimum Gasteiger partial charge on any atom is -0.508 e. The van der Waals surface area contributed by atoms with Gasteiger partial charge < -0.3 is 10.4 Å². The van der Waals surface area contributed by atoms with Gasteiger partial charge in [-0.2, -0.15) is 0 Å². The van der Waals surface area contributed by atoms with E-state index in [4.69, 9.17) is 0 Å². The summed E-state index contributed by atoms with van der Waals surface area (Å²) in [4.78, 5) is 4.46. The van der Waals surface area contributed by atoms with Crippen molar-refractivity contribution in [2.75, 3.05) is 5.32 Å². The molecule has 3 rings (SSSR count). The second-order valence-corrected chi connectivity index (χ2v) is 4.78. The molecule has 1 heterocycles. The Bertz CT molecular complexity index is 580. The maximum Gasteiger partial charge on any atom is 0.118 e. The maximum absolute atomic E-state index is 9.52. The number of fused-ring (bicyclic) bond motifs is 1. The molecule has 0 aliphatic heterocycles. The third-order valence-corrected chi connectivity index (χ3v) is 3.50. The predicted molar refractivity (Wildman–Crippen MR) is 71.8 cm³/mol. The number of nitrogens with one attached hydrogen (secondary N) is 1. The van der Waals surface area contributed by atoms with Gasteiger partial charge in [-0.25, -0.2) is 0 Å². The molecule has 0 bridgehead atoms. The van der Waals surface area contributed by atoms with Crippen LogP contribution in [0.1, 0.15) is 29.3 Å². The van der Waals surface area contributed by atoms with Crippen molar-refractivity contribution in [2.45, 2.75) is 25.8 Å². The van der Waals surface area contributed by atoms with Gasteiger partial charge in [0.1, 0.15) is 5.75 Å². The molecule has 2 aromatic rings. The van der Waals surface area contributed by atoms with Crippen molar-refractivity contribution in [3.05, 3.63) is 53.3 Å². The van der Waals surface area contributed by atoms with Gasteiger partial charge in [0.25, 0.3) is 0 Å². The number of aromatic nitrogens is 1. The number of anilines is 1. The van der Waals surface area contributed by atoms with Gasteiger partial charge in [-0.1, -0.05) is 6.07 Å². The van der Waals surface area contributed by atoms with E-state index in [9.17, 15) is 5.11 Å². The summed E-state index contributed by atoms with van der Waals surface area (Å²) in [5, 5.41) is 13.0. The second-order valence-electron chi connectivity index (χ2n) is 4.78. The van der Waals surface area contributed by atoms with Crippen LogP contribution in [0, 0.1) is 6.92 Å². The van der Waals surface area contributed by atoms with Gasteiger partial charge in [0.15, 0.2) is 0 Å². The molecule has 1 aromatic carbocycles. The van der Waals surface area contributed by atoms with Crippen LogP contribution in [0.2, 0.25) is 0 Å². The summed E-state index contributed by atoms with van der Waals surface area (Å²) in [6.07, 6.45) is 4.01. The zero-order valence-electron chi connectivity index (χ0n) is 10.4. The molecule has 0 spiro atoms. The van der Waals surface area contributed by atoms with Crippen molar-refractivity contribution in [1.29, 1.82) is 0 Å². The molecular weight excluding hydrogens is 224 g/mol. The van der Waals surface area contributed by atoms with Crippen molar-refractivity contribution >= 4 is 5.69 Å². The molecule has 1 aromatic heterocycles. The number of rotatable bonds is 2. The van der Waals surface area contributed by atoms with Crippen LogP contribution >= 0.6 is 0 Å². The lowest BCUT2D eigenvalue weighted by atomic mass is 10.1. The fraction of sp³-hybridized carbons (Fsp3) is 0.267. The highest BCUT2D eigenvalue weighted by Gasteiger charge is 2.23. The molecule has 1 atom stereocenters. The van der Waals surface area contributed by atoms with Crippen LogP contribution in [0.15, 0.2) is 36.5 Å². The van der Waals surface area contributed by atoms with Crippen LogP contribution in [0.3, 0.4) is 0 Å². The van der Waals surface area contributed by atoms with Crippen molar-refractivity contribution in [3.8, 4) is 5.75 Å². The van der Waals surface area contributed by atoms with E-state index < -0.39 is 0 Å². The molecule has 3 heteroatoms. The molecule has 1 aliphatic carbocycles. The Labute approximate surface area is 107 Å². The summed E-state index contributed by atoms with van der Waals surface area (Å²) in [5.41, 5.74) is 4.42. The summed E-state index contributed by atoms with van der Waals surface area (Å²) in [6, 6.07) is 10.0. The molecule has 0 amide bonds. The van der Waals surface area contributed by atoms with Gasteiger partial charge in [0.05, 0.1) is 11.7 Å². The van der Waals surface area contributed by atoms with E-state index in [2.05, 4.69) is 16.4 Å². The molecule has 0 fully saturated rings. The van der Waals surface area contributed by atoms with E-state index in [0.29, 0.717) is 5.75 Å². The Morgan fingerprint density at radius 2 is 2.22 bits per heavy atom. The van der Waals surface area contributed by atoms with Gasteiger partial charge in [-0.05, 0) is 55.2 Å². The van der Waals surface area contributed by atoms with E-state index in [1.165, 1.54) is 5.56 Å². The first kappa shape index (κ1) is 11.1. The average Bonchev–Trinajstić information content (AvgIpc) is 2.78. The number of hydrogen-bond acceptors (Lipinski definition) is 3. The molecule has 3 nitrogen and oxygen atoms in total. The molecule has 0 radical (unpaired) electrons. The van der Waals surface area contributed by atoms with Gasteiger partial charge in [0, 0.05) is 11.9 Å². The summed E-state index contributed by atoms with van der Waals surface area (Å²) in [5.74, 6) is 0.338. The lowest BCUT2D eigenvalue weighted by Crippen LogP contribution is -2.08. The van der Waals surface area contributed by atoms with Crippen LogP contribution < -0.4 is 5.32 Å². The molecule has 2 N–H and O–H groups in total. The van der Waals surface area contributed by atoms with Gasteiger partial charge in [0.2, 0.25) is 0 Å². The Balaban J connectivity index is 1.84. The van der Waals surface area contributed by atoms with Crippen LogP contribution in [0.4, 0.5) is 5.69 Å². The number of hydrogen-bond donors (Lipinski definition) is 2. The number of pyridine rings is 1. The molecule has 1 aliphatic rings. The predicted octanol–water partition coefficient (Wildman–Crippen LogP) is 3.20. The molecule has 18 heavy (non-hydrogen) atoms. The topological polar surface area (TPSA) is 45.2 Å². The number of phenols is 1. The minimum atomic E-state index is 0.283. The van der Waals surface area contributed by atoms with Gasteiger partial charge in [-0.15, -0.1) is 0 Å². The molecule has 0 saturated heterocycles. The molecular formula is C15H16N2O. The van der Waals surface area contributed by atoms with E-state index in [-0.39, 0.29) is 6.04 Å². The summed E-state index contributed by atoms with van der Waals surface area (Å²) in [6.45, 7) is 1.90. The lowest BCUT2D eigenvalue weighted by molar-refractivity contribution is 0.471. The standard InChI is InChI=1S/C15H16N2O/c1-10-9-12(5-7-14(10)18)17-13-6-4-11-3-2-8-16-15(11)13/h2-3,5,7-9,13,17-18H,4,6H2,1H3. The van der Waals surface area contributed by atoms with E-state index >= 15 is 0 Å². The van der Waals surface area contributed by atoms with Gasteiger partial charge >= 0.3 is 0 Å². The van der Waals surface area contributed by atoms with Crippen molar-refractivity contribution < 1.29 is 5.11 Å². The Hall–Kier alpha value is -2.03. The normalized spacial score (nSPS) is 17.5. The first-order chi connectivity index (χ1) is 8.74. The lowest BCUT2D eigenvalue weighted by Gasteiger charge is -2.15. The number of phenolic OH excluding ortho intramolecular Hbond substituents is 1. The minimum absolute atomic E-state index is 0.283. The highest BCUT2D eigenvalue weighted by Crippen LogP contribution is 2.32. The van der Waals surface area contributed by atoms with Crippen LogP contribution in [0.5, 0.6) is 5.75 Å². The first-order valence-corrected chi connectivity index (χ1v) is 6.24. The van der Waals surface area contributed by atoms with Crippen molar-refractivity contribution in [2.24, 2.45) is 0 Å². The summed E-state index contributed by atoms with van der Waals surface area (Å²) >= 11 is 0. The fourth-order valence-electron chi connectivity index (χ4n) is 2.50. The van der Waals surface area contributed by atoms with Crippen LogP contribution in [-0.2, 0) is 6.42 Å². The maximum atomic E-state index is 9.52. The third kappa shape index (κ3) is 1.92. The van der Waals surface area contributed by atoms with Crippen molar-refractivity contribution in [1.82, 2.24) is 4.98 Å². The Kier molecular flexibility index (Phi) is 2.67. The van der Waals surface area contributed by atoms with Gasteiger partial charge in [-0.3, -0.25) is 4.98 Å². The Morgan fingerprint density at radius 1 is 1.33 bits per heavy atom. The number of benzene rings is 1. The second kappa shape index (κ2) is 4.33.